The fraction of sp³-hybridized carbons (Fsp3) is 0.471. The van der Waals surface area contributed by atoms with Gasteiger partial charge in [0.05, 0.1) is 0 Å². The van der Waals surface area contributed by atoms with Crippen LogP contribution in [0.5, 0.6) is 5.75 Å². The molecular formula is C34H43FO2. The number of benzene rings is 3. The Morgan fingerprint density at radius 2 is 1.49 bits per heavy atom. The minimum absolute atomic E-state index is 0.100. The second-order valence-electron chi connectivity index (χ2n) is 10.8. The summed E-state index contributed by atoms with van der Waals surface area (Å²) in [6.07, 6.45) is 12.3. The average Bonchev–Trinajstić information content (AvgIpc) is 2.93. The van der Waals surface area contributed by atoms with Gasteiger partial charge in [0, 0.05) is 12.2 Å². The number of hydrogen-bond acceptors (Lipinski definition) is 2. The topological polar surface area (TPSA) is 40.5 Å². The Morgan fingerprint density at radius 3 is 2.16 bits per heavy atom. The molecule has 0 radical (unpaired) electrons. The first-order valence-electron chi connectivity index (χ1n) is 14.4. The summed E-state index contributed by atoms with van der Waals surface area (Å²) in [5.74, 6) is 1.48. The highest BCUT2D eigenvalue weighted by Gasteiger charge is 2.23. The van der Waals surface area contributed by atoms with Crippen LogP contribution in [0, 0.1) is 11.7 Å². The van der Waals surface area contributed by atoms with Gasteiger partial charge in [-0.1, -0.05) is 75.9 Å². The molecule has 0 aromatic heterocycles. The molecule has 0 unspecified atom stereocenters. The number of aliphatic hydroxyl groups is 1. The zero-order valence-corrected chi connectivity index (χ0v) is 22.6. The molecule has 1 aliphatic rings. The van der Waals surface area contributed by atoms with Gasteiger partial charge in [-0.25, -0.2) is 4.39 Å². The lowest BCUT2D eigenvalue weighted by atomic mass is 9.77. The van der Waals surface area contributed by atoms with E-state index in [0.29, 0.717) is 24.3 Å². The Hall–Kier alpha value is -2.65. The zero-order chi connectivity index (χ0) is 26.2. The molecule has 0 spiro atoms. The number of halogens is 1. The summed E-state index contributed by atoms with van der Waals surface area (Å²) in [6.45, 7) is 4.47. The van der Waals surface area contributed by atoms with E-state index in [4.69, 9.17) is 5.11 Å². The van der Waals surface area contributed by atoms with E-state index in [9.17, 15) is 5.11 Å². The van der Waals surface area contributed by atoms with E-state index in [1.54, 1.807) is 12.1 Å². The first-order chi connectivity index (χ1) is 18.0. The Labute approximate surface area is 222 Å². The second-order valence-corrected chi connectivity index (χ2v) is 10.8. The van der Waals surface area contributed by atoms with Crippen LogP contribution in [0.2, 0.25) is 0 Å². The van der Waals surface area contributed by atoms with Crippen molar-refractivity contribution >= 4 is 0 Å². The van der Waals surface area contributed by atoms with Crippen LogP contribution in [0.4, 0.5) is 4.39 Å². The van der Waals surface area contributed by atoms with Gasteiger partial charge in [-0.2, -0.15) is 0 Å². The molecule has 0 amide bonds. The highest BCUT2D eigenvalue weighted by molar-refractivity contribution is 5.75. The standard InChI is InChI=1S/C34H43FO2/c1-3-5-6-8-24-10-12-26(13-11-24)29-15-18-32(33(35)23-29)31-17-14-27(21-25(31)4-2)28-16-19-34(37)30(22-28)9-7-20-36/h14-19,21-24,26,36-37H,3-13,20H2,1-2H3. The van der Waals surface area contributed by atoms with Crippen molar-refractivity contribution in [2.75, 3.05) is 6.61 Å². The third-order valence-electron chi connectivity index (χ3n) is 8.32. The average molecular weight is 503 g/mol. The van der Waals surface area contributed by atoms with Crippen LogP contribution < -0.4 is 0 Å². The largest absolute Gasteiger partial charge is 0.508 e. The van der Waals surface area contributed by atoms with Crippen LogP contribution in [-0.2, 0) is 12.8 Å². The molecule has 2 nitrogen and oxygen atoms in total. The minimum Gasteiger partial charge on any atom is -0.508 e. The number of rotatable bonds is 11. The van der Waals surface area contributed by atoms with E-state index in [0.717, 1.165) is 45.7 Å². The third kappa shape index (κ3) is 6.82. The molecule has 4 rings (SSSR count). The number of phenols is 1. The van der Waals surface area contributed by atoms with Crippen molar-refractivity contribution in [1.82, 2.24) is 0 Å². The summed E-state index contributed by atoms with van der Waals surface area (Å²) in [4.78, 5) is 0. The predicted octanol–water partition coefficient (Wildman–Crippen LogP) is 9.21. The van der Waals surface area contributed by atoms with E-state index in [1.807, 2.05) is 30.3 Å². The fourth-order valence-corrected chi connectivity index (χ4v) is 6.03. The molecule has 3 aromatic carbocycles. The smallest absolute Gasteiger partial charge is 0.131 e. The zero-order valence-electron chi connectivity index (χ0n) is 22.6. The molecule has 0 heterocycles. The molecular weight excluding hydrogens is 459 g/mol. The van der Waals surface area contributed by atoms with Crippen LogP contribution in [0.25, 0.3) is 22.3 Å². The van der Waals surface area contributed by atoms with Gasteiger partial charge in [-0.3, -0.25) is 0 Å². The summed E-state index contributed by atoms with van der Waals surface area (Å²) in [6, 6.07) is 17.8. The van der Waals surface area contributed by atoms with E-state index < -0.39 is 0 Å². The van der Waals surface area contributed by atoms with Crippen LogP contribution in [0.3, 0.4) is 0 Å². The van der Waals surface area contributed by atoms with Crippen molar-refractivity contribution < 1.29 is 14.6 Å². The van der Waals surface area contributed by atoms with Gasteiger partial charge < -0.3 is 10.2 Å². The van der Waals surface area contributed by atoms with Crippen molar-refractivity contribution in [2.45, 2.75) is 90.4 Å². The fourth-order valence-electron chi connectivity index (χ4n) is 6.03. The highest BCUT2D eigenvalue weighted by atomic mass is 19.1. The highest BCUT2D eigenvalue weighted by Crippen LogP contribution is 2.39. The molecule has 198 valence electrons. The number of phenolic OH excluding ortho intramolecular Hbond substituents is 1. The molecule has 0 atom stereocenters. The summed E-state index contributed by atoms with van der Waals surface area (Å²) in [5.41, 5.74) is 6.81. The van der Waals surface area contributed by atoms with Crippen LogP contribution in [-0.4, -0.2) is 16.8 Å². The van der Waals surface area contributed by atoms with Gasteiger partial charge >= 0.3 is 0 Å². The van der Waals surface area contributed by atoms with Crippen molar-refractivity contribution in [3.05, 3.63) is 77.1 Å². The van der Waals surface area contributed by atoms with Gasteiger partial charge in [0.15, 0.2) is 0 Å². The first kappa shape index (κ1) is 27.4. The van der Waals surface area contributed by atoms with E-state index in [-0.39, 0.29) is 18.2 Å². The van der Waals surface area contributed by atoms with Gasteiger partial charge in [0.2, 0.25) is 0 Å². The number of unbranched alkanes of at least 4 members (excludes halogenated alkanes) is 2. The third-order valence-corrected chi connectivity index (χ3v) is 8.32. The molecule has 3 heteroatoms. The first-order valence-corrected chi connectivity index (χ1v) is 14.4. The summed E-state index contributed by atoms with van der Waals surface area (Å²) < 4.78 is 15.5. The van der Waals surface area contributed by atoms with Gasteiger partial charge in [-0.05, 0) is 108 Å². The number of hydrogen-bond donors (Lipinski definition) is 2. The molecule has 1 fully saturated rings. The number of aromatic hydroxyl groups is 1. The second kappa shape index (κ2) is 13.2. The molecule has 0 aliphatic heterocycles. The lowest BCUT2D eigenvalue weighted by molar-refractivity contribution is 0.288. The molecule has 1 saturated carbocycles. The van der Waals surface area contributed by atoms with Gasteiger partial charge in [0.1, 0.15) is 11.6 Å². The lowest BCUT2D eigenvalue weighted by Gasteiger charge is -2.29. The van der Waals surface area contributed by atoms with Crippen molar-refractivity contribution in [2.24, 2.45) is 5.92 Å². The normalized spacial score (nSPS) is 17.7. The van der Waals surface area contributed by atoms with Crippen LogP contribution in [0.1, 0.15) is 94.2 Å². The van der Waals surface area contributed by atoms with Crippen molar-refractivity contribution in [1.29, 1.82) is 0 Å². The maximum Gasteiger partial charge on any atom is 0.131 e. The molecule has 1 aliphatic carbocycles. The minimum atomic E-state index is -0.124. The Balaban J connectivity index is 1.51. The number of aryl methyl sites for hydroxylation is 2. The SMILES string of the molecule is CCCCCC1CCC(c2ccc(-c3ccc(-c4ccc(O)c(CCCO)c4)cc3CC)c(F)c2)CC1. The van der Waals surface area contributed by atoms with Gasteiger partial charge in [0.25, 0.3) is 0 Å². The maximum absolute atomic E-state index is 15.5. The summed E-state index contributed by atoms with van der Waals surface area (Å²) in [7, 11) is 0. The number of aliphatic hydroxyl groups excluding tert-OH is 1. The molecule has 0 bridgehead atoms. The van der Waals surface area contributed by atoms with Gasteiger partial charge in [-0.15, -0.1) is 0 Å². The quantitative estimate of drug-likeness (QED) is 0.257. The van der Waals surface area contributed by atoms with Crippen molar-refractivity contribution in [3.8, 4) is 28.0 Å². The van der Waals surface area contributed by atoms with E-state index in [1.165, 1.54) is 51.4 Å². The predicted molar refractivity (Wildman–Crippen MR) is 153 cm³/mol. The van der Waals surface area contributed by atoms with E-state index >= 15 is 4.39 Å². The van der Waals surface area contributed by atoms with E-state index in [2.05, 4.69) is 26.0 Å². The van der Waals surface area contributed by atoms with Crippen LogP contribution >= 0.6 is 0 Å². The molecule has 0 saturated heterocycles. The van der Waals surface area contributed by atoms with Crippen molar-refractivity contribution in [3.63, 3.8) is 0 Å². The Morgan fingerprint density at radius 1 is 0.784 bits per heavy atom. The summed E-state index contributed by atoms with van der Waals surface area (Å²) in [5, 5.41) is 19.3. The molecule has 37 heavy (non-hydrogen) atoms. The summed E-state index contributed by atoms with van der Waals surface area (Å²) >= 11 is 0. The van der Waals surface area contributed by atoms with Crippen LogP contribution in [0.15, 0.2) is 54.6 Å². The Kier molecular flexibility index (Phi) is 9.80. The Bertz CT molecular complexity index is 1160. The molecule has 2 N–H and O–H groups in total. The molecule has 3 aromatic rings. The lowest BCUT2D eigenvalue weighted by Crippen LogP contribution is -2.13. The maximum atomic E-state index is 15.5. The monoisotopic (exact) mass is 502 g/mol.